The van der Waals surface area contributed by atoms with Crippen molar-refractivity contribution >= 4 is 123 Å². The summed E-state index contributed by atoms with van der Waals surface area (Å²) in [5.41, 5.74) is 37.8. The van der Waals surface area contributed by atoms with Gasteiger partial charge in [0.25, 0.3) is 6.71 Å². The second-order valence-electron chi connectivity index (χ2n) is 39.4. The van der Waals surface area contributed by atoms with Crippen LogP contribution in [0, 0.1) is 0 Å². The van der Waals surface area contributed by atoms with Gasteiger partial charge in [0.05, 0.1) is 38.8 Å². The Bertz CT molecular complexity index is 7170. The molecule has 16 aromatic carbocycles. The van der Waals surface area contributed by atoms with Crippen LogP contribution in [0.25, 0.3) is 138 Å². The Morgan fingerprint density at radius 2 is 0.516 bits per heavy atom. The molecule has 0 spiro atoms. The number of aromatic nitrogens is 3. The fourth-order valence-electron chi connectivity index (χ4n) is 19.7. The van der Waals surface area contributed by atoms with Gasteiger partial charge in [-0.15, -0.1) is 0 Å². The quantitative estimate of drug-likeness (QED) is 0.127. The summed E-state index contributed by atoms with van der Waals surface area (Å²) in [7, 11) is 0. The maximum Gasteiger partial charge on any atom is 0.252 e. The molecule has 21 rings (SSSR count). The Hall–Kier alpha value is -13.4. The standard InChI is InChI=1S/C116H102BN5/c1-112(2,3)81-48-55-103-95(66-81)96-67-82(113(4,5)6)49-56-104(96)120(103)87-50-53-98-106(71-87)121(89-61-77(73-34-20-16-21-35-73)58-78(62-89)74-36-22-17-23-37-74)108-63-80(79-59-83(114(7,8)9)65-84(60-79)115(10,11)12)64-109-110(108)117(98)99-54-51-88(72-107(99)122(109)111-93(75-38-24-18-25-39-75)68-85(116(13,14)15)69-94(111)76-40-26-19-27-41-76)119-102-47-33-30-44-92(102)97-70-86(52-57-105(97)119)118-100-45-31-28-42-90(100)91-43-29-32-46-101(91)118/h16-72H,1-15H3. The molecule has 0 saturated heterocycles. The third kappa shape index (κ3) is 12.6. The number of hydrogen-bond acceptors (Lipinski definition) is 2. The van der Waals surface area contributed by atoms with E-state index in [2.05, 4.69) is 473 Å². The van der Waals surface area contributed by atoms with Crippen LogP contribution in [0.1, 0.15) is 132 Å². The molecule has 5 heterocycles. The van der Waals surface area contributed by atoms with Gasteiger partial charge in [-0.2, -0.15) is 0 Å². The van der Waals surface area contributed by atoms with Crippen molar-refractivity contribution in [1.82, 2.24) is 13.7 Å². The molecular weight excluding hydrogens is 1470 g/mol. The molecule has 0 amide bonds. The van der Waals surface area contributed by atoms with Crippen LogP contribution >= 0.6 is 0 Å². The lowest BCUT2D eigenvalue weighted by Crippen LogP contribution is -2.61. The van der Waals surface area contributed by atoms with Gasteiger partial charge in [-0.25, -0.2) is 0 Å². The molecule has 594 valence electrons. The Morgan fingerprint density at radius 1 is 0.197 bits per heavy atom. The van der Waals surface area contributed by atoms with E-state index in [0.29, 0.717) is 0 Å². The summed E-state index contributed by atoms with van der Waals surface area (Å²) in [4.78, 5) is 5.45. The van der Waals surface area contributed by atoms with E-state index >= 15 is 0 Å². The van der Waals surface area contributed by atoms with Crippen molar-refractivity contribution in [3.63, 3.8) is 0 Å². The van der Waals surface area contributed by atoms with E-state index in [1.165, 1.54) is 104 Å². The zero-order valence-corrected chi connectivity index (χ0v) is 72.7. The van der Waals surface area contributed by atoms with E-state index in [-0.39, 0.29) is 33.8 Å². The number of fused-ring (bicyclic) bond motifs is 13. The van der Waals surface area contributed by atoms with E-state index in [1.54, 1.807) is 0 Å². The summed E-state index contributed by atoms with van der Waals surface area (Å²) in [6.07, 6.45) is 0. The highest BCUT2D eigenvalue weighted by Gasteiger charge is 2.46. The van der Waals surface area contributed by atoms with E-state index in [0.717, 1.165) is 112 Å². The first-order valence-electron chi connectivity index (χ1n) is 43.6. The predicted octanol–water partition coefficient (Wildman–Crippen LogP) is 29.9. The molecule has 0 aliphatic carbocycles. The van der Waals surface area contributed by atoms with Crippen molar-refractivity contribution in [2.45, 2.75) is 131 Å². The monoisotopic (exact) mass is 1580 g/mol. The van der Waals surface area contributed by atoms with Crippen LogP contribution in [0.5, 0.6) is 0 Å². The first-order chi connectivity index (χ1) is 58.7. The minimum Gasteiger partial charge on any atom is -0.311 e. The molecule has 19 aromatic rings. The van der Waals surface area contributed by atoms with Gasteiger partial charge in [0.1, 0.15) is 0 Å². The first kappa shape index (κ1) is 76.0. The molecule has 0 unspecified atom stereocenters. The molecule has 0 N–H and O–H groups in total. The Kier molecular flexibility index (Phi) is 17.5. The third-order valence-electron chi connectivity index (χ3n) is 26.3. The Labute approximate surface area is 718 Å². The van der Waals surface area contributed by atoms with Crippen molar-refractivity contribution in [3.05, 3.63) is 374 Å². The van der Waals surface area contributed by atoms with Crippen LogP contribution in [0.4, 0.5) is 34.1 Å². The molecule has 6 heteroatoms. The number of anilines is 6. The maximum atomic E-state index is 2.75. The first-order valence-corrected chi connectivity index (χ1v) is 43.6. The highest BCUT2D eigenvalue weighted by Crippen LogP contribution is 2.55. The van der Waals surface area contributed by atoms with Gasteiger partial charge in [0.15, 0.2) is 0 Å². The summed E-state index contributed by atoms with van der Waals surface area (Å²) in [5, 5.41) is 7.38. The summed E-state index contributed by atoms with van der Waals surface area (Å²) in [6.45, 7) is 35.1. The van der Waals surface area contributed by atoms with Gasteiger partial charge in [0, 0.05) is 88.9 Å². The van der Waals surface area contributed by atoms with Crippen molar-refractivity contribution in [2.75, 3.05) is 9.80 Å². The molecule has 2 aliphatic heterocycles. The minimum absolute atomic E-state index is 0.0750. The second-order valence-corrected chi connectivity index (χ2v) is 39.4. The number of para-hydroxylation sites is 3. The highest BCUT2D eigenvalue weighted by molar-refractivity contribution is 7.00. The molecule has 0 saturated carbocycles. The van der Waals surface area contributed by atoms with E-state index in [9.17, 15) is 0 Å². The van der Waals surface area contributed by atoms with Gasteiger partial charge in [-0.1, -0.05) is 322 Å². The normalized spacial score (nSPS) is 13.2. The van der Waals surface area contributed by atoms with Gasteiger partial charge in [-0.05, 0) is 243 Å². The number of benzene rings is 16. The van der Waals surface area contributed by atoms with Gasteiger partial charge in [0.2, 0.25) is 0 Å². The predicted molar refractivity (Wildman–Crippen MR) is 524 cm³/mol. The smallest absolute Gasteiger partial charge is 0.252 e. The number of nitrogens with zero attached hydrogens (tertiary/aromatic N) is 5. The highest BCUT2D eigenvalue weighted by atomic mass is 15.2. The minimum atomic E-state index is -0.297. The fourth-order valence-corrected chi connectivity index (χ4v) is 19.7. The molecule has 0 atom stereocenters. The third-order valence-corrected chi connectivity index (χ3v) is 26.3. The van der Waals surface area contributed by atoms with Crippen molar-refractivity contribution in [2.24, 2.45) is 0 Å². The van der Waals surface area contributed by atoms with Gasteiger partial charge < -0.3 is 23.5 Å². The molecule has 0 radical (unpaired) electrons. The largest absolute Gasteiger partial charge is 0.311 e. The SMILES string of the molecule is CC(C)(C)c1cc(-c2cc3c4c(c2)N(c2c(-c5ccccc5)cc(C(C)(C)C)cc2-c2ccccc2)c2cc(-n5c6ccccc6c6cc(-n7c8ccccc8c8ccccc87)ccc65)ccc2B4c2ccc(-n4c5ccc(C(C)(C)C)cc5c5cc(C(C)(C)C)ccc54)cc2N3c2cc(-c3ccccc3)cc(-c3ccccc3)c2)cc(C(C)(C)C)c1. The Balaban J connectivity index is 0.926. The molecular formula is C116H102BN5. The van der Waals surface area contributed by atoms with Crippen molar-refractivity contribution in [1.29, 1.82) is 0 Å². The summed E-state index contributed by atoms with van der Waals surface area (Å²) < 4.78 is 7.58. The zero-order valence-electron chi connectivity index (χ0n) is 72.7. The number of rotatable bonds is 10. The molecule has 5 nitrogen and oxygen atoms in total. The average molecular weight is 1580 g/mol. The van der Waals surface area contributed by atoms with Crippen LogP contribution < -0.4 is 26.2 Å². The van der Waals surface area contributed by atoms with Crippen LogP contribution in [0.3, 0.4) is 0 Å². The maximum absolute atomic E-state index is 2.75. The zero-order chi connectivity index (χ0) is 83.8. The summed E-state index contributed by atoms with van der Waals surface area (Å²) >= 11 is 0. The summed E-state index contributed by atoms with van der Waals surface area (Å²) in [6, 6.07) is 133. The molecule has 2 aliphatic rings. The van der Waals surface area contributed by atoms with E-state index in [1.807, 2.05) is 0 Å². The lowest BCUT2D eigenvalue weighted by molar-refractivity contribution is 0.569. The van der Waals surface area contributed by atoms with Crippen LogP contribution in [-0.2, 0) is 27.1 Å². The second kappa shape index (κ2) is 28.1. The summed E-state index contributed by atoms with van der Waals surface area (Å²) in [5.74, 6) is 0. The van der Waals surface area contributed by atoms with Gasteiger partial charge >= 0.3 is 0 Å². The lowest BCUT2D eigenvalue weighted by atomic mass is 9.33. The van der Waals surface area contributed by atoms with Gasteiger partial charge in [-0.3, -0.25) is 0 Å². The molecule has 0 bridgehead atoms. The van der Waals surface area contributed by atoms with Crippen molar-refractivity contribution < 1.29 is 0 Å². The topological polar surface area (TPSA) is 21.3 Å². The van der Waals surface area contributed by atoms with E-state index in [4.69, 9.17) is 0 Å². The number of hydrogen-bond donors (Lipinski definition) is 0. The molecule has 122 heavy (non-hydrogen) atoms. The van der Waals surface area contributed by atoms with Crippen molar-refractivity contribution in [3.8, 4) is 72.7 Å². The average Bonchev–Trinajstić information content (AvgIpc) is 0.755. The lowest BCUT2D eigenvalue weighted by Gasteiger charge is -2.45. The fraction of sp³-hybridized carbons (Fsp3) is 0.172. The molecule has 3 aromatic heterocycles. The van der Waals surface area contributed by atoms with Crippen LogP contribution in [-0.4, -0.2) is 20.4 Å². The molecule has 0 fully saturated rings. The van der Waals surface area contributed by atoms with E-state index < -0.39 is 0 Å². The van der Waals surface area contributed by atoms with Crippen LogP contribution in [0.15, 0.2) is 346 Å². The van der Waals surface area contributed by atoms with Crippen LogP contribution in [0.2, 0.25) is 0 Å². The Morgan fingerprint density at radius 3 is 0.943 bits per heavy atom.